The van der Waals surface area contributed by atoms with Crippen LogP contribution in [0, 0.1) is 0 Å². The summed E-state index contributed by atoms with van der Waals surface area (Å²) in [6, 6.07) is 13.0. The number of hydrogen-bond acceptors (Lipinski definition) is 7. The van der Waals surface area contributed by atoms with Gasteiger partial charge in [-0.2, -0.15) is 0 Å². The van der Waals surface area contributed by atoms with Crippen molar-refractivity contribution in [1.29, 1.82) is 0 Å². The van der Waals surface area contributed by atoms with Crippen LogP contribution in [-0.4, -0.2) is 35.0 Å². The highest BCUT2D eigenvalue weighted by Crippen LogP contribution is 2.28. The number of aliphatic hydroxyl groups is 1. The number of pyridine rings is 1. The summed E-state index contributed by atoms with van der Waals surface area (Å²) in [7, 11) is 3.16. The molecule has 0 spiro atoms. The van der Waals surface area contributed by atoms with E-state index in [4.69, 9.17) is 9.84 Å². The van der Waals surface area contributed by atoms with Gasteiger partial charge in [0.05, 0.1) is 6.61 Å². The van der Waals surface area contributed by atoms with Gasteiger partial charge in [0, 0.05) is 17.6 Å². The highest BCUT2D eigenvalue weighted by Gasteiger charge is 2.03. The maximum atomic E-state index is 11.6. The minimum atomic E-state index is -0.292. The summed E-state index contributed by atoms with van der Waals surface area (Å²) in [4.78, 5) is 15.8. The van der Waals surface area contributed by atoms with E-state index in [2.05, 4.69) is 10.3 Å². The molecule has 0 unspecified atom stereocenters. The standard InChI is InChI=1S/C16H18N2O3S2/c19-12-13-4-6-14(7-5-13)18-11-16(20)21-9-10-22-23-15-3-1-2-8-17-15/h1-8,18-19H,9-12H2. The van der Waals surface area contributed by atoms with E-state index in [0.29, 0.717) is 12.4 Å². The first-order chi connectivity index (χ1) is 11.3. The quantitative estimate of drug-likeness (QED) is 0.409. The average molecular weight is 350 g/mol. The highest BCUT2D eigenvalue weighted by molar-refractivity contribution is 8.76. The molecule has 2 aromatic rings. The van der Waals surface area contributed by atoms with Crippen LogP contribution in [0.5, 0.6) is 0 Å². The molecule has 0 amide bonds. The Hall–Kier alpha value is -1.70. The number of aromatic nitrogens is 1. The van der Waals surface area contributed by atoms with E-state index in [-0.39, 0.29) is 19.1 Å². The van der Waals surface area contributed by atoms with E-state index in [0.717, 1.165) is 16.3 Å². The third-order valence-electron chi connectivity index (χ3n) is 2.79. The molecule has 0 fully saturated rings. The first-order valence-electron chi connectivity index (χ1n) is 7.08. The number of benzene rings is 1. The monoisotopic (exact) mass is 350 g/mol. The topological polar surface area (TPSA) is 71.5 Å². The number of anilines is 1. The zero-order chi connectivity index (χ0) is 16.3. The van der Waals surface area contributed by atoms with Gasteiger partial charge < -0.3 is 15.2 Å². The molecule has 0 radical (unpaired) electrons. The van der Waals surface area contributed by atoms with Crippen LogP contribution in [0.2, 0.25) is 0 Å². The zero-order valence-electron chi connectivity index (χ0n) is 12.5. The predicted molar refractivity (Wildman–Crippen MR) is 94.4 cm³/mol. The third kappa shape index (κ3) is 6.94. The van der Waals surface area contributed by atoms with Crippen LogP contribution in [0.3, 0.4) is 0 Å². The number of hydrogen-bond donors (Lipinski definition) is 2. The SMILES string of the molecule is O=C(CNc1ccc(CO)cc1)OCCSSc1ccccn1. The Labute approximate surface area is 143 Å². The molecule has 1 aromatic heterocycles. The predicted octanol–water partition coefficient (Wildman–Crippen LogP) is 2.97. The number of aliphatic hydroxyl groups excluding tert-OH is 1. The first kappa shape index (κ1) is 17.7. The van der Waals surface area contributed by atoms with Gasteiger partial charge in [-0.25, -0.2) is 4.98 Å². The van der Waals surface area contributed by atoms with Crippen LogP contribution in [0.25, 0.3) is 0 Å². The molecule has 0 aliphatic rings. The van der Waals surface area contributed by atoms with Gasteiger partial charge in [0.15, 0.2) is 0 Å². The number of rotatable bonds is 9. The Bertz CT molecular complexity index is 594. The molecule has 0 saturated carbocycles. The fourth-order valence-corrected chi connectivity index (χ4v) is 3.35. The summed E-state index contributed by atoms with van der Waals surface area (Å²) in [5, 5.41) is 12.9. The highest BCUT2D eigenvalue weighted by atomic mass is 33.1. The Kier molecular flexibility index (Phi) is 7.79. The molecule has 0 aliphatic heterocycles. The second kappa shape index (κ2) is 10.1. The second-order valence-electron chi connectivity index (χ2n) is 4.50. The van der Waals surface area contributed by atoms with Gasteiger partial charge in [0.1, 0.15) is 18.2 Å². The molecule has 23 heavy (non-hydrogen) atoms. The van der Waals surface area contributed by atoms with Gasteiger partial charge in [0.25, 0.3) is 0 Å². The molecule has 0 aliphatic carbocycles. The number of nitrogens with one attached hydrogen (secondary N) is 1. The van der Waals surface area contributed by atoms with Crippen molar-refractivity contribution in [2.24, 2.45) is 0 Å². The average Bonchev–Trinajstić information content (AvgIpc) is 2.61. The lowest BCUT2D eigenvalue weighted by atomic mass is 10.2. The smallest absolute Gasteiger partial charge is 0.325 e. The van der Waals surface area contributed by atoms with Crippen molar-refractivity contribution >= 4 is 33.2 Å². The summed E-state index contributed by atoms with van der Waals surface area (Å²) in [5.41, 5.74) is 1.65. The zero-order valence-corrected chi connectivity index (χ0v) is 14.1. The van der Waals surface area contributed by atoms with Gasteiger partial charge in [0.2, 0.25) is 0 Å². The van der Waals surface area contributed by atoms with Crippen LogP contribution >= 0.6 is 21.6 Å². The molecule has 0 saturated heterocycles. The molecule has 2 N–H and O–H groups in total. The first-order valence-corrected chi connectivity index (χ1v) is 9.39. The second-order valence-corrected chi connectivity index (χ2v) is 6.94. The van der Waals surface area contributed by atoms with Gasteiger partial charge in [-0.15, -0.1) is 0 Å². The Morgan fingerprint density at radius 2 is 2.04 bits per heavy atom. The molecule has 5 nitrogen and oxygen atoms in total. The molecular formula is C16H18N2O3S2. The van der Waals surface area contributed by atoms with E-state index >= 15 is 0 Å². The van der Waals surface area contributed by atoms with Gasteiger partial charge >= 0.3 is 5.97 Å². The lowest BCUT2D eigenvalue weighted by molar-refractivity contribution is -0.140. The molecule has 1 aromatic carbocycles. The number of nitrogens with zero attached hydrogens (tertiary/aromatic N) is 1. The number of ether oxygens (including phenoxy) is 1. The fourth-order valence-electron chi connectivity index (χ4n) is 1.64. The van der Waals surface area contributed by atoms with Crippen molar-refractivity contribution < 1.29 is 14.6 Å². The summed E-state index contributed by atoms with van der Waals surface area (Å²) in [6.45, 7) is 0.501. The molecule has 1 heterocycles. The lowest BCUT2D eigenvalue weighted by Gasteiger charge is -2.07. The minimum absolute atomic E-state index is 0.0104. The van der Waals surface area contributed by atoms with Gasteiger partial charge in [-0.1, -0.05) is 29.0 Å². The number of carbonyl (C=O) groups excluding carboxylic acids is 1. The molecule has 122 valence electrons. The maximum absolute atomic E-state index is 11.6. The lowest BCUT2D eigenvalue weighted by Crippen LogP contribution is -2.18. The van der Waals surface area contributed by atoms with Crippen LogP contribution < -0.4 is 5.32 Å². The molecule has 7 heteroatoms. The summed E-state index contributed by atoms with van der Waals surface area (Å²) in [5.74, 6) is 0.415. The van der Waals surface area contributed by atoms with E-state index in [1.54, 1.807) is 39.9 Å². The molecule has 0 bridgehead atoms. The normalized spacial score (nSPS) is 10.3. The minimum Gasteiger partial charge on any atom is -0.463 e. The van der Waals surface area contributed by atoms with Crippen LogP contribution in [-0.2, 0) is 16.1 Å². The van der Waals surface area contributed by atoms with Crippen molar-refractivity contribution in [2.45, 2.75) is 11.6 Å². The van der Waals surface area contributed by atoms with Crippen LogP contribution in [0.4, 0.5) is 5.69 Å². The van der Waals surface area contributed by atoms with E-state index in [9.17, 15) is 4.79 Å². The summed E-state index contributed by atoms with van der Waals surface area (Å²) >= 11 is 0. The van der Waals surface area contributed by atoms with Crippen molar-refractivity contribution in [1.82, 2.24) is 4.98 Å². The number of esters is 1. The van der Waals surface area contributed by atoms with Crippen LogP contribution in [0.1, 0.15) is 5.56 Å². The van der Waals surface area contributed by atoms with Gasteiger partial charge in [-0.3, -0.25) is 4.79 Å². The van der Waals surface area contributed by atoms with Gasteiger partial charge in [-0.05, 0) is 40.6 Å². The molecule has 2 rings (SSSR count). The van der Waals surface area contributed by atoms with Crippen molar-refractivity contribution in [3.8, 4) is 0 Å². The van der Waals surface area contributed by atoms with E-state index < -0.39 is 0 Å². The fraction of sp³-hybridized carbons (Fsp3) is 0.250. The third-order valence-corrected chi connectivity index (χ3v) is 5.01. The van der Waals surface area contributed by atoms with E-state index in [1.165, 1.54) is 0 Å². The summed E-state index contributed by atoms with van der Waals surface area (Å²) < 4.78 is 5.15. The molecular weight excluding hydrogens is 332 g/mol. The van der Waals surface area contributed by atoms with E-state index in [1.807, 2.05) is 30.3 Å². The largest absolute Gasteiger partial charge is 0.463 e. The maximum Gasteiger partial charge on any atom is 0.325 e. The number of carbonyl (C=O) groups is 1. The van der Waals surface area contributed by atoms with Crippen LogP contribution in [0.15, 0.2) is 53.7 Å². The summed E-state index contributed by atoms with van der Waals surface area (Å²) in [6.07, 6.45) is 1.75. The Balaban J connectivity index is 1.56. The van der Waals surface area contributed by atoms with Crippen molar-refractivity contribution in [2.75, 3.05) is 24.2 Å². The Morgan fingerprint density at radius 3 is 2.74 bits per heavy atom. The Morgan fingerprint density at radius 1 is 1.22 bits per heavy atom. The van der Waals surface area contributed by atoms with Crippen molar-refractivity contribution in [3.05, 3.63) is 54.2 Å². The van der Waals surface area contributed by atoms with Crippen molar-refractivity contribution in [3.63, 3.8) is 0 Å². The molecule has 0 atom stereocenters.